The number of benzene rings is 1. The van der Waals surface area contributed by atoms with Crippen molar-refractivity contribution in [3.8, 4) is 0 Å². The Bertz CT molecular complexity index is 882. The Balaban J connectivity index is 1.66. The number of aryl methyl sites for hydroxylation is 1. The number of halogens is 1. The summed E-state index contributed by atoms with van der Waals surface area (Å²) in [5.41, 5.74) is 1.64. The lowest BCUT2D eigenvalue weighted by molar-refractivity contribution is -0.120. The second-order valence-corrected chi connectivity index (χ2v) is 6.99. The van der Waals surface area contributed by atoms with Crippen molar-refractivity contribution in [2.75, 3.05) is 0 Å². The van der Waals surface area contributed by atoms with Gasteiger partial charge in [0.1, 0.15) is 11.4 Å². The van der Waals surface area contributed by atoms with Gasteiger partial charge in [0.25, 0.3) is 0 Å². The van der Waals surface area contributed by atoms with Crippen LogP contribution in [0.25, 0.3) is 11.0 Å². The number of carbonyl (C=O) groups is 1. The van der Waals surface area contributed by atoms with E-state index in [1.807, 2.05) is 32.2 Å². The first-order valence-electron chi connectivity index (χ1n) is 7.36. The third kappa shape index (κ3) is 3.52. The molecule has 8 heteroatoms. The van der Waals surface area contributed by atoms with Gasteiger partial charge in [-0.15, -0.1) is 0 Å². The van der Waals surface area contributed by atoms with Gasteiger partial charge in [0, 0.05) is 18.6 Å². The van der Waals surface area contributed by atoms with Crippen molar-refractivity contribution >= 4 is 40.3 Å². The van der Waals surface area contributed by atoms with Crippen LogP contribution in [-0.4, -0.2) is 30.9 Å². The second kappa shape index (κ2) is 7.19. The summed E-state index contributed by atoms with van der Waals surface area (Å²) in [6.45, 7) is 2.24. The van der Waals surface area contributed by atoms with Gasteiger partial charge >= 0.3 is 0 Å². The summed E-state index contributed by atoms with van der Waals surface area (Å²) in [6.07, 6.45) is 3.20. The standard InChI is InChI=1S/C16H16ClN5OS/c1-10(15(23)18-7-11-5-3-4-6-13(11)17)24-16-12-8-21-22(2)14(12)19-9-20-16/h3-6,8-10H,7H2,1-2H3,(H,18,23). The molecule has 0 aliphatic heterocycles. The Labute approximate surface area is 148 Å². The van der Waals surface area contributed by atoms with E-state index in [9.17, 15) is 4.79 Å². The summed E-state index contributed by atoms with van der Waals surface area (Å²) in [5.74, 6) is -0.0735. The van der Waals surface area contributed by atoms with Crippen LogP contribution in [0, 0.1) is 0 Å². The number of hydrogen-bond acceptors (Lipinski definition) is 5. The smallest absolute Gasteiger partial charge is 0.233 e. The first kappa shape index (κ1) is 16.7. The van der Waals surface area contributed by atoms with E-state index in [0.717, 1.165) is 21.6 Å². The van der Waals surface area contributed by atoms with E-state index in [1.54, 1.807) is 16.9 Å². The number of fused-ring (bicyclic) bond motifs is 1. The topological polar surface area (TPSA) is 72.7 Å². The van der Waals surface area contributed by atoms with Crippen LogP contribution in [0.15, 0.2) is 41.8 Å². The molecule has 0 radical (unpaired) electrons. The van der Waals surface area contributed by atoms with E-state index in [-0.39, 0.29) is 11.2 Å². The van der Waals surface area contributed by atoms with Gasteiger partial charge in [0.05, 0.1) is 16.8 Å². The van der Waals surface area contributed by atoms with E-state index in [4.69, 9.17) is 11.6 Å². The molecule has 0 spiro atoms. The monoisotopic (exact) mass is 361 g/mol. The van der Waals surface area contributed by atoms with Crippen molar-refractivity contribution in [3.05, 3.63) is 47.4 Å². The van der Waals surface area contributed by atoms with Gasteiger partial charge < -0.3 is 5.32 Å². The molecule has 0 fully saturated rings. The van der Waals surface area contributed by atoms with Crippen LogP contribution >= 0.6 is 23.4 Å². The number of thioether (sulfide) groups is 1. The highest BCUT2D eigenvalue weighted by atomic mass is 35.5. The SMILES string of the molecule is CC(Sc1ncnc2c1cnn2C)C(=O)NCc1ccccc1Cl. The number of carbonyl (C=O) groups excluding carboxylic acids is 1. The van der Waals surface area contributed by atoms with Gasteiger partial charge in [0.2, 0.25) is 5.91 Å². The van der Waals surface area contributed by atoms with Crippen molar-refractivity contribution < 1.29 is 4.79 Å². The lowest BCUT2D eigenvalue weighted by Gasteiger charge is -2.12. The molecule has 1 N–H and O–H groups in total. The summed E-state index contributed by atoms with van der Waals surface area (Å²) in [6, 6.07) is 7.46. The average molecular weight is 362 g/mol. The molecule has 0 aliphatic rings. The highest BCUT2D eigenvalue weighted by Gasteiger charge is 2.18. The van der Waals surface area contributed by atoms with Gasteiger partial charge in [-0.2, -0.15) is 5.10 Å². The van der Waals surface area contributed by atoms with Gasteiger partial charge in [-0.1, -0.05) is 41.6 Å². The number of nitrogens with one attached hydrogen (secondary N) is 1. The third-order valence-corrected chi connectivity index (χ3v) is 5.05. The zero-order valence-electron chi connectivity index (χ0n) is 13.2. The predicted octanol–water partition coefficient (Wildman–Crippen LogP) is 2.81. The number of rotatable bonds is 5. The minimum Gasteiger partial charge on any atom is -0.351 e. The molecule has 24 heavy (non-hydrogen) atoms. The van der Waals surface area contributed by atoms with Crippen LogP contribution in [0.4, 0.5) is 0 Å². The summed E-state index contributed by atoms with van der Waals surface area (Å²) in [5, 5.41) is 9.02. The Morgan fingerprint density at radius 2 is 2.17 bits per heavy atom. The summed E-state index contributed by atoms with van der Waals surface area (Å²) >= 11 is 7.49. The largest absolute Gasteiger partial charge is 0.351 e. The molecule has 6 nitrogen and oxygen atoms in total. The quantitative estimate of drug-likeness (QED) is 0.558. The maximum absolute atomic E-state index is 12.3. The summed E-state index contributed by atoms with van der Waals surface area (Å²) in [4.78, 5) is 20.8. The maximum Gasteiger partial charge on any atom is 0.233 e. The highest BCUT2D eigenvalue weighted by Crippen LogP contribution is 2.27. The fourth-order valence-corrected chi connectivity index (χ4v) is 3.33. The Hall–Kier alpha value is -2.12. The van der Waals surface area contributed by atoms with Crippen LogP contribution in [0.5, 0.6) is 0 Å². The highest BCUT2D eigenvalue weighted by molar-refractivity contribution is 8.00. The van der Waals surface area contributed by atoms with Gasteiger partial charge in [-0.05, 0) is 18.6 Å². The molecule has 0 saturated carbocycles. The van der Waals surface area contributed by atoms with Crippen LogP contribution in [0.2, 0.25) is 5.02 Å². The minimum atomic E-state index is -0.300. The fourth-order valence-electron chi connectivity index (χ4n) is 2.22. The summed E-state index contributed by atoms with van der Waals surface area (Å²) < 4.78 is 1.68. The maximum atomic E-state index is 12.3. The number of hydrogen-bond donors (Lipinski definition) is 1. The molecule has 1 unspecified atom stereocenters. The van der Waals surface area contributed by atoms with E-state index >= 15 is 0 Å². The minimum absolute atomic E-state index is 0.0735. The molecule has 124 valence electrons. The van der Waals surface area contributed by atoms with Crippen molar-refractivity contribution in [3.63, 3.8) is 0 Å². The molecule has 3 aromatic rings. The molecule has 0 saturated heterocycles. The van der Waals surface area contributed by atoms with Gasteiger partial charge in [-0.25, -0.2) is 9.97 Å². The van der Waals surface area contributed by atoms with Crippen LogP contribution in [0.3, 0.4) is 0 Å². The zero-order chi connectivity index (χ0) is 17.1. The summed E-state index contributed by atoms with van der Waals surface area (Å²) in [7, 11) is 1.82. The van der Waals surface area contributed by atoms with Crippen molar-refractivity contribution in [2.24, 2.45) is 7.05 Å². The predicted molar refractivity (Wildman–Crippen MR) is 94.9 cm³/mol. The molecule has 2 aromatic heterocycles. The molecule has 1 atom stereocenters. The third-order valence-electron chi connectivity index (χ3n) is 3.56. The lowest BCUT2D eigenvalue weighted by Crippen LogP contribution is -2.30. The van der Waals surface area contributed by atoms with Crippen LogP contribution in [0.1, 0.15) is 12.5 Å². The van der Waals surface area contributed by atoms with Crippen molar-refractivity contribution in [1.82, 2.24) is 25.1 Å². The Morgan fingerprint density at radius 3 is 2.96 bits per heavy atom. The molecule has 1 aromatic carbocycles. The van der Waals surface area contributed by atoms with E-state index in [2.05, 4.69) is 20.4 Å². The second-order valence-electron chi connectivity index (χ2n) is 5.25. The number of nitrogens with zero attached hydrogens (tertiary/aromatic N) is 4. The zero-order valence-corrected chi connectivity index (χ0v) is 14.8. The first-order chi connectivity index (χ1) is 11.6. The fraction of sp³-hybridized carbons (Fsp3) is 0.250. The molecular weight excluding hydrogens is 346 g/mol. The molecule has 1 amide bonds. The number of aromatic nitrogens is 4. The molecule has 0 aliphatic carbocycles. The normalized spacial score (nSPS) is 12.3. The van der Waals surface area contributed by atoms with E-state index in [1.165, 1.54) is 18.1 Å². The first-order valence-corrected chi connectivity index (χ1v) is 8.62. The Morgan fingerprint density at radius 1 is 1.38 bits per heavy atom. The van der Waals surface area contributed by atoms with E-state index in [0.29, 0.717) is 11.6 Å². The van der Waals surface area contributed by atoms with Crippen molar-refractivity contribution in [2.45, 2.75) is 23.7 Å². The van der Waals surface area contributed by atoms with Crippen LogP contribution < -0.4 is 5.32 Å². The Kier molecular flexibility index (Phi) is 5.01. The molecule has 3 rings (SSSR count). The lowest BCUT2D eigenvalue weighted by atomic mass is 10.2. The van der Waals surface area contributed by atoms with Gasteiger partial charge in [0.15, 0.2) is 5.65 Å². The molecular formula is C16H16ClN5OS. The average Bonchev–Trinajstić information content (AvgIpc) is 2.96. The van der Waals surface area contributed by atoms with E-state index < -0.39 is 0 Å². The van der Waals surface area contributed by atoms with Crippen LogP contribution in [-0.2, 0) is 18.4 Å². The molecule has 2 heterocycles. The van der Waals surface area contributed by atoms with Gasteiger partial charge in [-0.3, -0.25) is 9.48 Å². The number of amides is 1. The molecule has 0 bridgehead atoms. The van der Waals surface area contributed by atoms with Crippen molar-refractivity contribution in [1.29, 1.82) is 0 Å².